The van der Waals surface area contributed by atoms with Gasteiger partial charge in [-0.3, -0.25) is 0 Å². The van der Waals surface area contributed by atoms with Crippen molar-refractivity contribution in [2.45, 2.75) is 44.6 Å². The van der Waals surface area contributed by atoms with Crippen LogP contribution in [0, 0.1) is 0 Å². The largest absolute Gasteiger partial charge is 0.480 e. The van der Waals surface area contributed by atoms with Gasteiger partial charge < -0.3 is 20.6 Å². The van der Waals surface area contributed by atoms with E-state index in [1.807, 2.05) is 0 Å². The number of carbonyl (C=O) groups is 2. The molecule has 1 aromatic rings. The van der Waals surface area contributed by atoms with Crippen LogP contribution < -0.4 is 15.5 Å². The van der Waals surface area contributed by atoms with Crippen molar-refractivity contribution in [1.82, 2.24) is 5.32 Å². The molecule has 1 aliphatic heterocycles. The first-order valence-corrected chi connectivity index (χ1v) is 8.27. The summed E-state index contributed by atoms with van der Waals surface area (Å²) >= 11 is 0. The standard InChI is InChI=1S/C17H23F2N3O3/c1-3-16(4-2,14(23)24)21-15(25)20-12-5-7-13(8-6-12)22-10-9-17(18,19)11-22/h5-8H,3-4,9-11H2,1-2H3,(H,23,24)(H2,20,21,25). The second-order valence-corrected chi connectivity index (χ2v) is 6.25. The highest BCUT2D eigenvalue weighted by molar-refractivity contribution is 5.94. The molecule has 0 unspecified atom stereocenters. The van der Waals surface area contributed by atoms with Crippen molar-refractivity contribution in [1.29, 1.82) is 0 Å². The van der Waals surface area contributed by atoms with Gasteiger partial charge in [0.1, 0.15) is 5.54 Å². The lowest BCUT2D eigenvalue weighted by atomic mass is 9.93. The zero-order chi connectivity index (χ0) is 18.7. The molecule has 2 amide bonds. The number of anilines is 2. The van der Waals surface area contributed by atoms with E-state index in [9.17, 15) is 23.5 Å². The minimum absolute atomic E-state index is 0.166. The molecule has 1 aromatic carbocycles. The van der Waals surface area contributed by atoms with Gasteiger partial charge in [-0.1, -0.05) is 13.8 Å². The molecule has 25 heavy (non-hydrogen) atoms. The van der Waals surface area contributed by atoms with Gasteiger partial charge in [0, 0.05) is 24.3 Å². The number of carboxylic acids is 1. The number of alkyl halides is 2. The van der Waals surface area contributed by atoms with Gasteiger partial charge in [-0.2, -0.15) is 0 Å². The van der Waals surface area contributed by atoms with Crippen molar-refractivity contribution in [3.05, 3.63) is 24.3 Å². The summed E-state index contributed by atoms with van der Waals surface area (Å²) in [6.45, 7) is 3.36. The first kappa shape index (κ1) is 19.0. The molecular weight excluding hydrogens is 332 g/mol. The van der Waals surface area contributed by atoms with E-state index in [0.717, 1.165) is 0 Å². The first-order chi connectivity index (χ1) is 11.7. The minimum Gasteiger partial charge on any atom is -0.480 e. The first-order valence-electron chi connectivity index (χ1n) is 8.27. The van der Waals surface area contributed by atoms with Crippen molar-refractivity contribution in [2.75, 3.05) is 23.3 Å². The molecule has 3 N–H and O–H groups in total. The maximum atomic E-state index is 13.3. The zero-order valence-electron chi connectivity index (χ0n) is 14.3. The van der Waals surface area contributed by atoms with Gasteiger partial charge in [0.05, 0.1) is 6.54 Å². The minimum atomic E-state index is -2.67. The molecule has 0 spiro atoms. The topological polar surface area (TPSA) is 81.7 Å². The van der Waals surface area contributed by atoms with E-state index in [-0.39, 0.29) is 32.4 Å². The Morgan fingerprint density at radius 1 is 1.24 bits per heavy atom. The number of amides is 2. The molecular formula is C17H23F2N3O3. The molecule has 1 saturated heterocycles. The van der Waals surface area contributed by atoms with E-state index in [1.165, 1.54) is 0 Å². The Hall–Kier alpha value is -2.38. The van der Waals surface area contributed by atoms with Crippen LogP contribution in [0.1, 0.15) is 33.1 Å². The van der Waals surface area contributed by atoms with Crippen molar-refractivity contribution in [3.8, 4) is 0 Å². The van der Waals surface area contributed by atoms with Crippen molar-refractivity contribution >= 4 is 23.4 Å². The molecule has 1 aliphatic rings. The fraction of sp³-hybridized carbons (Fsp3) is 0.529. The maximum Gasteiger partial charge on any atom is 0.329 e. The number of hydrogen-bond donors (Lipinski definition) is 3. The second-order valence-electron chi connectivity index (χ2n) is 6.25. The van der Waals surface area contributed by atoms with Crippen molar-refractivity contribution in [2.24, 2.45) is 0 Å². The number of hydrogen-bond acceptors (Lipinski definition) is 3. The smallest absolute Gasteiger partial charge is 0.329 e. The van der Waals surface area contributed by atoms with Crippen LogP contribution in [0.15, 0.2) is 24.3 Å². The Labute approximate surface area is 145 Å². The number of carboxylic acid groups (broad SMARTS) is 1. The predicted molar refractivity (Wildman–Crippen MR) is 91.3 cm³/mol. The number of rotatable bonds is 6. The summed E-state index contributed by atoms with van der Waals surface area (Å²) in [7, 11) is 0. The Morgan fingerprint density at radius 3 is 2.28 bits per heavy atom. The van der Waals surface area contributed by atoms with Gasteiger partial charge in [-0.05, 0) is 37.1 Å². The molecule has 1 fully saturated rings. The van der Waals surface area contributed by atoms with Crippen LogP contribution >= 0.6 is 0 Å². The van der Waals surface area contributed by atoms with E-state index < -0.39 is 23.5 Å². The van der Waals surface area contributed by atoms with Gasteiger partial charge in [0.2, 0.25) is 0 Å². The highest BCUT2D eigenvalue weighted by Crippen LogP contribution is 2.31. The Kier molecular flexibility index (Phi) is 5.49. The van der Waals surface area contributed by atoms with Gasteiger partial charge in [0.25, 0.3) is 5.92 Å². The fourth-order valence-electron chi connectivity index (χ4n) is 2.87. The summed E-state index contributed by atoms with van der Waals surface area (Å²) in [4.78, 5) is 25.1. The summed E-state index contributed by atoms with van der Waals surface area (Å²) in [6, 6.07) is 5.89. The molecule has 0 aliphatic carbocycles. The van der Waals surface area contributed by atoms with E-state index in [1.54, 1.807) is 43.0 Å². The monoisotopic (exact) mass is 355 g/mol. The molecule has 0 radical (unpaired) electrons. The lowest BCUT2D eigenvalue weighted by molar-refractivity contribution is -0.144. The number of benzene rings is 1. The van der Waals surface area contributed by atoms with Crippen molar-refractivity contribution in [3.63, 3.8) is 0 Å². The normalized spacial score (nSPS) is 16.6. The molecule has 0 saturated carbocycles. The quantitative estimate of drug-likeness (QED) is 0.731. The third-order valence-electron chi connectivity index (χ3n) is 4.63. The number of aliphatic carboxylic acids is 1. The predicted octanol–water partition coefficient (Wildman–Crippen LogP) is 3.30. The molecule has 2 rings (SSSR count). The molecule has 138 valence electrons. The molecule has 0 aromatic heterocycles. The van der Waals surface area contributed by atoms with E-state index in [2.05, 4.69) is 10.6 Å². The Morgan fingerprint density at radius 2 is 1.84 bits per heavy atom. The van der Waals surface area contributed by atoms with Gasteiger partial charge in [-0.15, -0.1) is 0 Å². The summed E-state index contributed by atoms with van der Waals surface area (Å²) in [5, 5.41) is 14.4. The number of nitrogens with zero attached hydrogens (tertiary/aromatic N) is 1. The second kappa shape index (κ2) is 7.25. The molecule has 0 bridgehead atoms. The highest BCUT2D eigenvalue weighted by Gasteiger charge is 2.38. The van der Waals surface area contributed by atoms with Gasteiger partial charge >= 0.3 is 12.0 Å². The highest BCUT2D eigenvalue weighted by atomic mass is 19.3. The van der Waals surface area contributed by atoms with Crippen LogP contribution in [0.5, 0.6) is 0 Å². The third kappa shape index (κ3) is 4.37. The average Bonchev–Trinajstić information content (AvgIpc) is 2.93. The van der Waals surface area contributed by atoms with Crippen LogP contribution in [-0.4, -0.2) is 41.7 Å². The third-order valence-corrected chi connectivity index (χ3v) is 4.63. The Balaban J connectivity index is 1.99. The molecule has 6 nitrogen and oxygen atoms in total. The van der Waals surface area contributed by atoms with Crippen LogP contribution in [0.4, 0.5) is 25.0 Å². The SMILES string of the molecule is CCC(CC)(NC(=O)Nc1ccc(N2CCC(F)(F)C2)cc1)C(=O)O. The Bertz CT molecular complexity index is 631. The number of halogens is 2. The van der Waals surface area contributed by atoms with Crippen LogP contribution in [0.3, 0.4) is 0 Å². The number of urea groups is 1. The van der Waals surface area contributed by atoms with Crippen molar-refractivity contribution < 1.29 is 23.5 Å². The van der Waals surface area contributed by atoms with Crippen LogP contribution in [0.25, 0.3) is 0 Å². The summed E-state index contributed by atoms with van der Waals surface area (Å²) < 4.78 is 26.5. The lowest BCUT2D eigenvalue weighted by Crippen LogP contribution is -2.54. The average molecular weight is 355 g/mol. The van der Waals surface area contributed by atoms with E-state index in [0.29, 0.717) is 11.4 Å². The summed E-state index contributed by atoms with van der Waals surface area (Å²) in [5.74, 6) is -3.75. The number of nitrogens with one attached hydrogen (secondary N) is 2. The lowest BCUT2D eigenvalue weighted by Gasteiger charge is -2.28. The van der Waals surface area contributed by atoms with E-state index in [4.69, 9.17) is 0 Å². The number of carbonyl (C=O) groups excluding carboxylic acids is 1. The van der Waals surface area contributed by atoms with Gasteiger partial charge in [-0.25, -0.2) is 18.4 Å². The molecule has 8 heteroatoms. The maximum absolute atomic E-state index is 13.3. The zero-order valence-corrected chi connectivity index (χ0v) is 14.3. The van der Waals surface area contributed by atoms with Crippen LogP contribution in [-0.2, 0) is 4.79 Å². The van der Waals surface area contributed by atoms with Gasteiger partial charge in [0.15, 0.2) is 0 Å². The molecule has 0 atom stereocenters. The van der Waals surface area contributed by atoms with Crippen LogP contribution in [0.2, 0.25) is 0 Å². The summed E-state index contributed by atoms with van der Waals surface area (Å²) in [6.07, 6.45) is 0.351. The van der Waals surface area contributed by atoms with E-state index >= 15 is 0 Å². The summed E-state index contributed by atoms with van der Waals surface area (Å²) in [5.41, 5.74) is -0.200. The molecule has 1 heterocycles. The fourth-order valence-corrected chi connectivity index (χ4v) is 2.87.